The van der Waals surface area contributed by atoms with E-state index in [4.69, 9.17) is 16.2 Å². The number of carbonyl (C=O) groups excluding carboxylic acids is 11. The number of nitrogens with two attached hydrogens (primary N) is 2. The molecule has 0 spiro atoms. The summed E-state index contributed by atoms with van der Waals surface area (Å²) in [5.74, 6) is -13.8. The van der Waals surface area contributed by atoms with Crippen LogP contribution in [0.1, 0.15) is 118 Å². The summed E-state index contributed by atoms with van der Waals surface area (Å²) in [6.45, 7) is 9.82. The second-order valence-corrected chi connectivity index (χ2v) is 28.3. The number of aliphatic hydroxyl groups excluding tert-OH is 3. The SMILES string of the molecule is CCc1cc(OCCCCN)ccc1-c1ccc(C[C@H](NC(=O)[C@H](CC(=O)O)NC(=O)[C@H](CO)NC(=O)[C@@H](NC(=O)[C@](C)(Cc2ccccc2F)NC(=O)[C@@H](NC(=O)CNC(=O)[C@H](Cc2nn[nH]n2)NC(=O)[C@@]2(C)CCN(CCc3cnc[nH]3)C2=O)[C@@H](C)O)[C@@H](C)O)C(=O)N[C@@H](CCCc2cc(C)cc(C)c2)C(N)=O)cc1. The van der Waals surface area contributed by atoms with E-state index in [0.717, 1.165) is 78.8 Å². The summed E-state index contributed by atoms with van der Waals surface area (Å²) in [7, 11) is 0. The molecule has 19 N–H and O–H groups in total. The van der Waals surface area contributed by atoms with Crippen LogP contribution in [0, 0.1) is 25.1 Å². The number of primary amides is 1. The van der Waals surface area contributed by atoms with Crippen LogP contribution in [-0.4, -0.2) is 226 Å². The normalized spacial score (nSPS) is 16.2. The highest BCUT2D eigenvalue weighted by molar-refractivity contribution is 6.07. The number of aliphatic hydroxyl groups is 3. The van der Waals surface area contributed by atoms with Crippen LogP contribution in [-0.2, 0) is 96.1 Å². The lowest BCUT2D eigenvalue weighted by molar-refractivity contribution is -0.146. The van der Waals surface area contributed by atoms with Crippen molar-refractivity contribution in [2.45, 2.75) is 186 Å². The molecule has 3 heterocycles. The molecule has 35 nitrogen and oxygen atoms in total. The quantitative estimate of drug-likeness (QED) is 0.0155. The zero-order chi connectivity index (χ0) is 82.0. The standard InChI is InChI=1S/C76H101FN18O17/c1-8-48-34-52(112-29-12-11-26-78)22-23-53(48)49-20-18-46(19-21-49)33-56(67(104)83-55(65(79)102)17-13-14-47-31-42(2)30-43(3)32-47)84-68(105)58(36-62(100)101)85-69(106)59(40-96)86-70(107)63(44(4)97)89-73(110)76(7,37-50-15-9-10-16-54(50)77)90-71(108)64(45(5)98)88-61(99)39-81-66(103)57(35-60-91-93-94-92-60)87-72(109)75(6)25-28-95(74(75)111)27-24-51-38-80-41-82-51/h9-10,15-16,18-23,30-32,34,38,41,44-45,55-59,63-64,96-98H,8,11-14,17,24-29,33,35-37,39-40,78H2,1-7H3,(H2,79,102)(H,80,82)(H,81,103)(H,83,104)(H,84,105)(H,85,106)(H,86,107)(H,87,109)(H,88,99)(H,89,110)(H,90,108)(H,100,101)(H,91,92,93,94)/t44-,45-,55+,56+,57+,58+,59+,63+,64+,75-,76+/m1/s1. The Morgan fingerprint density at radius 3 is 2.01 bits per heavy atom. The van der Waals surface area contributed by atoms with Crippen molar-refractivity contribution in [1.29, 1.82) is 0 Å². The first-order valence-electron chi connectivity index (χ1n) is 36.8. The number of benzene rings is 4. The number of hydrogen-bond acceptors (Lipinski definition) is 21. The Bertz CT molecular complexity index is 4240. The molecule has 7 rings (SSSR count). The Hall–Kier alpha value is -11.6. The fraction of sp³-hybridized carbons (Fsp3) is 0.474. The van der Waals surface area contributed by atoms with E-state index in [-0.39, 0.29) is 50.2 Å². The summed E-state index contributed by atoms with van der Waals surface area (Å²) in [4.78, 5) is 175. The first kappa shape index (κ1) is 87.6. The number of nitrogens with zero attached hydrogens (tertiary/aromatic N) is 5. The number of amides is 11. The van der Waals surface area contributed by atoms with Gasteiger partial charge in [-0.1, -0.05) is 90.0 Å². The van der Waals surface area contributed by atoms with Crippen molar-refractivity contribution in [2.24, 2.45) is 16.9 Å². The molecule has 0 radical (unpaired) electrons. The van der Waals surface area contributed by atoms with Gasteiger partial charge in [0, 0.05) is 50.7 Å². The summed E-state index contributed by atoms with van der Waals surface area (Å²) in [6.07, 6.45) is 0.643. The van der Waals surface area contributed by atoms with E-state index in [1.165, 1.54) is 36.4 Å². The molecular formula is C76H101FN18O17. The van der Waals surface area contributed by atoms with Crippen molar-refractivity contribution in [3.8, 4) is 16.9 Å². The van der Waals surface area contributed by atoms with E-state index >= 15 is 4.39 Å². The van der Waals surface area contributed by atoms with Gasteiger partial charge in [0.25, 0.3) is 0 Å². The van der Waals surface area contributed by atoms with Crippen LogP contribution in [0.15, 0.2) is 97.5 Å². The summed E-state index contributed by atoms with van der Waals surface area (Å²) < 4.78 is 21.5. The van der Waals surface area contributed by atoms with Crippen molar-refractivity contribution in [3.05, 3.63) is 148 Å². The number of H-pyrrole nitrogens is 2. The zero-order valence-corrected chi connectivity index (χ0v) is 63.5. The van der Waals surface area contributed by atoms with Gasteiger partial charge in [0.1, 0.15) is 64.8 Å². The number of carbonyl (C=O) groups is 12. The second-order valence-electron chi connectivity index (χ2n) is 28.3. The van der Waals surface area contributed by atoms with Crippen LogP contribution in [0.4, 0.5) is 4.39 Å². The molecule has 1 saturated heterocycles. The summed E-state index contributed by atoms with van der Waals surface area (Å²) in [6, 6.07) is 11.1. The molecule has 0 saturated carbocycles. The van der Waals surface area contributed by atoms with Gasteiger partial charge >= 0.3 is 5.97 Å². The monoisotopic (exact) mass is 1560 g/mol. The predicted molar refractivity (Wildman–Crippen MR) is 402 cm³/mol. The highest BCUT2D eigenvalue weighted by Crippen LogP contribution is 2.33. The van der Waals surface area contributed by atoms with Crippen LogP contribution in [0.25, 0.3) is 11.1 Å². The van der Waals surface area contributed by atoms with Crippen molar-refractivity contribution < 1.29 is 87.1 Å². The lowest BCUT2D eigenvalue weighted by Crippen LogP contribution is -2.67. The minimum Gasteiger partial charge on any atom is -0.494 e. The number of aromatic nitrogens is 6. The molecule has 6 aromatic rings. The molecule has 4 aromatic carbocycles. The van der Waals surface area contributed by atoms with Gasteiger partial charge in [0.15, 0.2) is 5.82 Å². The third-order valence-electron chi connectivity index (χ3n) is 19.1. The van der Waals surface area contributed by atoms with E-state index in [0.29, 0.717) is 50.1 Å². The van der Waals surface area contributed by atoms with Crippen LogP contribution in [0.5, 0.6) is 5.75 Å². The van der Waals surface area contributed by atoms with E-state index < -0.39 is 168 Å². The molecular weight excluding hydrogens is 1460 g/mol. The Labute approximate surface area is 645 Å². The molecule has 11 atom stereocenters. The molecule has 1 fully saturated rings. The van der Waals surface area contributed by atoms with Gasteiger partial charge in [-0.3, -0.25) is 57.5 Å². The maximum absolute atomic E-state index is 15.5. The number of nitrogens with one attached hydrogen (secondary N) is 11. The van der Waals surface area contributed by atoms with Crippen molar-refractivity contribution in [3.63, 3.8) is 0 Å². The van der Waals surface area contributed by atoms with Crippen LogP contribution < -0.4 is 64.1 Å². The average Bonchev–Trinajstić information content (AvgIpc) is 1.56. The molecule has 2 aromatic heterocycles. The van der Waals surface area contributed by atoms with E-state index in [1.807, 2.05) is 57.2 Å². The second kappa shape index (κ2) is 41.4. The number of imidazole rings is 1. The number of halogens is 1. The molecule has 112 heavy (non-hydrogen) atoms. The highest BCUT2D eigenvalue weighted by Gasteiger charge is 2.50. The lowest BCUT2D eigenvalue weighted by atomic mass is 9.87. The Morgan fingerprint density at radius 2 is 1.38 bits per heavy atom. The molecule has 0 aliphatic carbocycles. The Balaban J connectivity index is 1.04. The van der Waals surface area contributed by atoms with Gasteiger partial charge in [-0.15, -0.1) is 10.2 Å². The first-order chi connectivity index (χ1) is 53.2. The Morgan fingerprint density at radius 1 is 0.732 bits per heavy atom. The maximum Gasteiger partial charge on any atom is 0.305 e. The summed E-state index contributed by atoms with van der Waals surface area (Å²) in [5.41, 5.74) is 14.2. The number of hydrogen-bond donors (Lipinski definition) is 17. The van der Waals surface area contributed by atoms with Gasteiger partial charge in [-0.05, 0) is 145 Å². The molecule has 36 heteroatoms. The van der Waals surface area contributed by atoms with Crippen LogP contribution >= 0.6 is 0 Å². The van der Waals surface area contributed by atoms with E-state index in [2.05, 4.69) is 78.4 Å². The highest BCUT2D eigenvalue weighted by atomic mass is 19.1. The van der Waals surface area contributed by atoms with Crippen LogP contribution in [0.2, 0.25) is 0 Å². The van der Waals surface area contributed by atoms with Gasteiger partial charge in [0.05, 0.1) is 44.7 Å². The minimum absolute atomic E-state index is 0.0445. The molecule has 0 unspecified atom stereocenters. The number of likely N-dealkylation sites (tertiary alicyclic amines) is 1. The first-order valence-corrected chi connectivity index (χ1v) is 36.8. The molecule has 1 aliphatic heterocycles. The number of aliphatic carboxylic acids is 1. The van der Waals surface area contributed by atoms with Gasteiger partial charge in [-0.2, -0.15) is 5.21 Å². The van der Waals surface area contributed by atoms with Gasteiger partial charge < -0.3 is 94.4 Å². The average molecular weight is 1560 g/mol. The molecule has 604 valence electrons. The van der Waals surface area contributed by atoms with Gasteiger partial charge in [-0.25, -0.2) is 9.37 Å². The zero-order valence-electron chi connectivity index (χ0n) is 63.5. The number of ether oxygens (including phenoxy) is 1. The van der Waals surface area contributed by atoms with E-state index in [1.54, 1.807) is 30.5 Å². The molecule has 11 amide bonds. The number of aromatic amines is 2. The number of rotatable bonds is 44. The molecule has 1 aliphatic rings. The maximum atomic E-state index is 15.5. The summed E-state index contributed by atoms with van der Waals surface area (Å²) in [5, 5.41) is 77.5. The van der Waals surface area contributed by atoms with E-state index in [9.17, 15) is 78.0 Å². The number of carboxylic acids is 1. The van der Waals surface area contributed by atoms with Crippen molar-refractivity contribution in [2.75, 3.05) is 39.4 Å². The topological polar surface area (TPSA) is 542 Å². The summed E-state index contributed by atoms with van der Waals surface area (Å²) >= 11 is 0. The van der Waals surface area contributed by atoms with Gasteiger partial charge in [0.2, 0.25) is 65.0 Å². The minimum atomic E-state index is -2.40. The fourth-order valence-electron chi connectivity index (χ4n) is 12.8. The predicted octanol–water partition coefficient (Wildman–Crippen LogP) is -1.34. The lowest BCUT2D eigenvalue weighted by Gasteiger charge is -2.34. The Kier molecular flexibility index (Phi) is 32.4. The number of unbranched alkanes of at least 4 members (excludes halogenated alkanes) is 1. The third-order valence-corrected chi connectivity index (χ3v) is 19.1. The number of carboxylic acid groups (broad SMARTS) is 1. The van der Waals surface area contributed by atoms with Crippen LogP contribution in [0.3, 0.4) is 0 Å². The van der Waals surface area contributed by atoms with Crippen molar-refractivity contribution >= 4 is 70.9 Å². The fourth-order valence-corrected chi connectivity index (χ4v) is 12.8. The number of aryl methyl sites for hydroxylation is 4. The largest absolute Gasteiger partial charge is 0.494 e. The smallest absolute Gasteiger partial charge is 0.305 e. The third kappa shape index (κ3) is 25.2. The van der Waals surface area contributed by atoms with Crippen molar-refractivity contribution in [1.82, 2.24) is 83.3 Å². The number of tetrazole rings is 1. The molecule has 0 bridgehead atoms.